The molecule has 1 aromatic heterocycles. The SMILES string of the molecule is Cn1c(C(C)(C)C)c/c(=N\C(=O)c2cc(C(F)(F)F)ccc2ONC(C)(C)C)n1CC1CC1. The molecule has 0 unspecified atom stereocenters. The summed E-state index contributed by atoms with van der Waals surface area (Å²) in [5.74, 6) is -0.279. The number of carbonyl (C=O) groups excluding carboxylic acids is 1. The fraction of sp³-hybridized carbons (Fsp3) is 0.583. The van der Waals surface area contributed by atoms with Crippen LogP contribution in [-0.4, -0.2) is 20.8 Å². The van der Waals surface area contributed by atoms with E-state index in [0.717, 1.165) is 36.7 Å². The summed E-state index contributed by atoms with van der Waals surface area (Å²) in [6, 6.07) is 4.67. The second-order valence-electron chi connectivity index (χ2n) is 10.8. The van der Waals surface area contributed by atoms with Crippen LogP contribution in [0.1, 0.15) is 76.0 Å². The lowest BCUT2D eigenvalue weighted by molar-refractivity contribution is -0.137. The van der Waals surface area contributed by atoms with Crippen LogP contribution < -0.4 is 15.8 Å². The van der Waals surface area contributed by atoms with Crippen molar-refractivity contribution in [3.05, 3.63) is 46.6 Å². The zero-order chi connectivity index (χ0) is 24.8. The van der Waals surface area contributed by atoms with Crippen molar-refractivity contribution < 1.29 is 22.8 Å². The zero-order valence-electron chi connectivity index (χ0n) is 20.3. The number of halogens is 3. The highest BCUT2D eigenvalue weighted by Crippen LogP contribution is 2.33. The minimum atomic E-state index is -4.59. The largest absolute Gasteiger partial charge is 0.416 e. The maximum Gasteiger partial charge on any atom is 0.416 e. The van der Waals surface area contributed by atoms with Crippen molar-refractivity contribution >= 4 is 5.91 Å². The number of alkyl halides is 3. The van der Waals surface area contributed by atoms with Gasteiger partial charge in [-0.2, -0.15) is 23.6 Å². The number of hydrogen-bond donors (Lipinski definition) is 1. The van der Waals surface area contributed by atoms with Crippen LogP contribution >= 0.6 is 0 Å². The molecule has 1 fully saturated rings. The summed E-state index contributed by atoms with van der Waals surface area (Å²) < 4.78 is 44.0. The molecular formula is C24H33F3N4O2. The van der Waals surface area contributed by atoms with E-state index in [0.29, 0.717) is 18.0 Å². The first-order valence-corrected chi connectivity index (χ1v) is 11.1. The van der Waals surface area contributed by atoms with E-state index in [9.17, 15) is 18.0 Å². The summed E-state index contributed by atoms with van der Waals surface area (Å²) >= 11 is 0. The quantitative estimate of drug-likeness (QED) is 0.633. The second-order valence-corrected chi connectivity index (χ2v) is 10.8. The number of nitrogens with one attached hydrogen (secondary N) is 1. The minimum Gasteiger partial charge on any atom is -0.407 e. The third kappa shape index (κ3) is 6.28. The fourth-order valence-corrected chi connectivity index (χ4v) is 3.46. The molecule has 3 rings (SSSR count). The van der Waals surface area contributed by atoms with Gasteiger partial charge in [-0.3, -0.25) is 14.2 Å². The molecule has 1 saturated carbocycles. The Hall–Kier alpha value is -2.55. The number of hydroxylamine groups is 1. The lowest BCUT2D eigenvalue weighted by Gasteiger charge is -2.21. The van der Waals surface area contributed by atoms with Gasteiger partial charge < -0.3 is 4.84 Å². The Bertz CT molecular complexity index is 1090. The van der Waals surface area contributed by atoms with Crippen LogP contribution in [0.2, 0.25) is 0 Å². The van der Waals surface area contributed by atoms with Crippen molar-refractivity contribution in [1.82, 2.24) is 14.8 Å². The zero-order valence-corrected chi connectivity index (χ0v) is 20.3. The smallest absolute Gasteiger partial charge is 0.407 e. The topological polar surface area (TPSA) is 60.6 Å². The Morgan fingerprint density at radius 3 is 2.27 bits per heavy atom. The summed E-state index contributed by atoms with van der Waals surface area (Å²) in [7, 11) is 1.92. The summed E-state index contributed by atoms with van der Waals surface area (Å²) in [4.78, 5) is 23.0. The molecule has 0 aliphatic heterocycles. The van der Waals surface area contributed by atoms with Crippen molar-refractivity contribution in [3.63, 3.8) is 0 Å². The third-order valence-electron chi connectivity index (χ3n) is 5.36. The van der Waals surface area contributed by atoms with E-state index >= 15 is 0 Å². The highest BCUT2D eigenvalue weighted by atomic mass is 19.4. The number of carbonyl (C=O) groups is 1. The maximum absolute atomic E-state index is 13.4. The van der Waals surface area contributed by atoms with Gasteiger partial charge in [-0.25, -0.2) is 0 Å². The highest BCUT2D eigenvalue weighted by molar-refractivity contribution is 5.97. The standard InChI is InChI=1S/C24H33F3N4O2/c1-22(2,3)19-13-20(31(30(19)7)14-15-8-9-15)28-21(32)17-12-16(24(25,26)27)10-11-18(17)33-29-23(4,5)6/h10-13,15,29H,8-9,14H2,1-7H3/b28-20+. The molecule has 33 heavy (non-hydrogen) atoms. The van der Waals surface area contributed by atoms with E-state index in [1.165, 1.54) is 0 Å². The molecule has 1 N–H and O–H groups in total. The lowest BCUT2D eigenvalue weighted by Crippen LogP contribution is -2.38. The predicted molar refractivity (Wildman–Crippen MR) is 120 cm³/mol. The molecule has 1 aliphatic carbocycles. The molecule has 1 amide bonds. The summed E-state index contributed by atoms with van der Waals surface area (Å²) in [5.41, 5.74) is 2.29. The van der Waals surface area contributed by atoms with Gasteiger partial charge in [0.25, 0.3) is 5.91 Å². The molecule has 1 aromatic carbocycles. The molecule has 6 nitrogen and oxygen atoms in total. The first-order valence-electron chi connectivity index (χ1n) is 11.1. The molecule has 2 aromatic rings. The highest BCUT2D eigenvalue weighted by Gasteiger charge is 2.32. The van der Waals surface area contributed by atoms with E-state index in [2.05, 4.69) is 31.2 Å². The average Bonchev–Trinajstić information content (AvgIpc) is 3.43. The van der Waals surface area contributed by atoms with Crippen LogP contribution in [0, 0.1) is 5.92 Å². The van der Waals surface area contributed by atoms with Crippen LogP contribution in [0.3, 0.4) is 0 Å². The summed E-state index contributed by atoms with van der Waals surface area (Å²) in [6.45, 7) is 12.4. The lowest BCUT2D eigenvalue weighted by atomic mass is 9.92. The number of hydrogen-bond acceptors (Lipinski definition) is 3. The maximum atomic E-state index is 13.4. The second kappa shape index (κ2) is 8.66. The van der Waals surface area contributed by atoms with Crippen molar-refractivity contribution in [3.8, 4) is 5.75 Å². The molecule has 1 aliphatic rings. The van der Waals surface area contributed by atoms with E-state index in [1.54, 1.807) is 0 Å². The molecule has 9 heteroatoms. The van der Waals surface area contributed by atoms with Crippen molar-refractivity contribution in [1.29, 1.82) is 0 Å². The van der Waals surface area contributed by atoms with Gasteiger partial charge in [0.15, 0.2) is 11.2 Å². The van der Waals surface area contributed by atoms with Crippen LogP contribution in [0.4, 0.5) is 13.2 Å². The van der Waals surface area contributed by atoms with E-state index in [4.69, 9.17) is 4.84 Å². The fourth-order valence-electron chi connectivity index (χ4n) is 3.46. The Morgan fingerprint density at radius 2 is 1.76 bits per heavy atom. The monoisotopic (exact) mass is 466 g/mol. The van der Waals surface area contributed by atoms with Gasteiger partial charge in [-0.1, -0.05) is 20.8 Å². The first kappa shape index (κ1) is 25.1. The normalized spacial score (nSPS) is 15.8. The Balaban J connectivity index is 2.10. The Morgan fingerprint density at radius 1 is 1.12 bits per heavy atom. The number of amides is 1. The van der Waals surface area contributed by atoms with E-state index < -0.39 is 23.2 Å². The molecule has 0 bridgehead atoms. The molecule has 0 atom stereocenters. The first-order chi connectivity index (χ1) is 15.1. The van der Waals surface area contributed by atoms with Gasteiger partial charge in [0.05, 0.1) is 11.1 Å². The van der Waals surface area contributed by atoms with Crippen LogP contribution in [0.15, 0.2) is 29.3 Å². The molecule has 0 radical (unpaired) electrons. The Kier molecular flexibility index (Phi) is 6.59. The predicted octanol–water partition coefficient (Wildman–Crippen LogP) is 4.98. The van der Waals surface area contributed by atoms with E-state index in [-0.39, 0.29) is 16.7 Å². The van der Waals surface area contributed by atoms with E-state index in [1.807, 2.05) is 43.2 Å². The minimum absolute atomic E-state index is 0.00704. The van der Waals surface area contributed by atoms with Gasteiger partial charge >= 0.3 is 6.18 Å². The van der Waals surface area contributed by atoms with Gasteiger partial charge in [-0.15, -0.1) is 0 Å². The summed E-state index contributed by atoms with van der Waals surface area (Å²) in [5, 5.41) is 0. The molecular weight excluding hydrogens is 433 g/mol. The number of rotatable bonds is 5. The number of benzene rings is 1. The van der Waals surface area contributed by atoms with Crippen molar-refractivity contribution in [2.75, 3.05) is 0 Å². The summed E-state index contributed by atoms with van der Waals surface area (Å²) in [6.07, 6.45) is -2.37. The third-order valence-corrected chi connectivity index (χ3v) is 5.36. The molecule has 182 valence electrons. The average molecular weight is 467 g/mol. The van der Waals surface area contributed by atoms with Crippen LogP contribution in [0.5, 0.6) is 5.75 Å². The Labute approximate surface area is 192 Å². The number of nitrogens with zero attached hydrogens (tertiary/aromatic N) is 3. The molecule has 0 saturated heterocycles. The van der Waals surface area contributed by atoms with Gasteiger partial charge in [-0.05, 0) is 57.7 Å². The molecule has 0 spiro atoms. The number of aromatic nitrogens is 2. The van der Waals surface area contributed by atoms with Crippen LogP contribution in [0.25, 0.3) is 0 Å². The van der Waals surface area contributed by atoms with Gasteiger partial charge in [0, 0.05) is 36.3 Å². The van der Waals surface area contributed by atoms with Crippen molar-refractivity contribution in [2.24, 2.45) is 18.0 Å². The van der Waals surface area contributed by atoms with Crippen molar-refractivity contribution in [2.45, 2.75) is 78.1 Å². The van der Waals surface area contributed by atoms with Gasteiger partial charge in [0.2, 0.25) is 0 Å². The van der Waals surface area contributed by atoms with Gasteiger partial charge in [0.1, 0.15) is 0 Å². The molecule has 1 heterocycles. The van der Waals surface area contributed by atoms with Crippen LogP contribution in [-0.2, 0) is 25.2 Å².